The van der Waals surface area contributed by atoms with Crippen molar-refractivity contribution in [3.05, 3.63) is 35.5 Å². The quantitative estimate of drug-likeness (QED) is 0.0936. The summed E-state index contributed by atoms with van der Waals surface area (Å²) in [6.45, 7) is 4.31. The number of amides is 1. The Balaban J connectivity index is 1.15. The lowest BCUT2D eigenvalue weighted by molar-refractivity contribution is -0.340. The first kappa shape index (κ1) is 55.3. The molecule has 2 saturated carbocycles. The van der Waals surface area contributed by atoms with Crippen LogP contribution in [0.2, 0.25) is 0 Å². The Kier molecular flexibility index (Phi) is 18.9. The number of carboxylic acid groups (broad SMARTS) is 1. The van der Waals surface area contributed by atoms with E-state index in [0.29, 0.717) is 12.8 Å². The average molecular weight is 1020 g/mol. The van der Waals surface area contributed by atoms with E-state index in [1.165, 1.54) is 33.0 Å². The molecule has 1 aromatic heterocycles. The lowest BCUT2D eigenvalue weighted by Gasteiger charge is -2.49. The first-order valence-electron chi connectivity index (χ1n) is 24.6. The molecule has 400 valence electrons. The zero-order chi connectivity index (χ0) is 51.4. The molecule has 2 aromatic rings. The third-order valence-electron chi connectivity index (χ3n) is 14.7. The number of hydrogen-bond acceptors (Lipinski definition) is 19. The van der Waals surface area contributed by atoms with E-state index >= 15 is 0 Å². The van der Waals surface area contributed by atoms with Gasteiger partial charge >= 0.3 is 5.97 Å². The van der Waals surface area contributed by atoms with E-state index in [1.807, 2.05) is 6.92 Å². The molecule has 1 aromatic carbocycles. The van der Waals surface area contributed by atoms with Crippen LogP contribution in [0.4, 0.5) is 8.78 Å². The van der Waals surface area contributed by atoms with E-state index in [4.69, 9.17) is 33.2 Å². The van der Waals surface area contributed by atoms with Gasteiger partial charge in [-0.25, -0.2) is 18.3 Å². The highest BCUT2D eigenvalue weighted by Crippen LogP contribution is 2.41. The Morgan fingerprint density at radius 3 is 2.18 bits per heavy atom. The average Bonchev–Trinajstić information content (AvgIpc) is 3.83. The molecule has 4 heterocycles. The molecule has 0 radical (unpaired) electrons. The van der Waals surface area contributed by atoms with E-state index in [-0.39, 0.29) is 42.2 Å². The standard InChI is InChI=1S/C47H70F2N4O18/c1-5-25-12-24(19-65-46-39(60)35(37(58)31(17-54)70-46)53-16-28(51-52-53)26-11-20(2)33(49)27(48)15-26)14-29(42(25)71-47-41(62)40(61)36(57)21(3)66-47)68-45-34(50-22(4)56)43(38(59)32(18-55)69-45)67-30(44(63)64)13-23-9-7-6-8-10-23/h11,15-16,21,23-25,29-32,34-43,45-47,54-55,57-62H,5-10,12-14,17-19H2,1-4H3,(H,50,56)(H,63,64)/t21?,24?,25?,29-,30+,31?,32+,34?,35?,36-,37-,38+,39?,40+,41?,42-,43?,45-,46+,47+/m1/s1. The molecule has 22 nitrogen and oxygen atoms in total. The van der Waals surface area contributed by atoms with Crippen LogP contribution >= 0.6 is 0 Å². The van der Waals surface area contributed by atoms with Crippen LogP contribution in [0, 0.1) is 36.3 Å². The molecule has 0 bridgehead atoms. The van der Waals surface area contributed by atoms with Gasteiger partial charge < -0.3 is 84.4 Å². The minimum absolute atomic E-state index is 0.0142. The normalized spacial score (nSPS) is 38.7. The molecule has 20 atom stereocenters. The largest absolute Gasteiger partial charge is 0.479 e. The minimum atomic E-state index is -1.71. The summed E-state index contributed by atoms with van der Waals surface area (Å²) in [7, 11) is 0. The fourth-order valence-corrected chi connectivity index (χ4v) is 10.8. The summed E-state index contributed by atoms with van der Waals surface area (Å²) < 4.78 is 73.1. The predicted molar refractivity (Wildman–Crippen MR) is 238 cm³/mol. The number of carbonyl (C=O) groups excluding carboxylic acids is 1. The molecule has 3 saturated heterocycles. The van der Waals surface area contributed by atoms with E-state index in [0.717, 1.165) is 42.9 Å². The van der Waals surface area contributed by atoms with Crippen LogP contribution in [0.15, 0.2) is 18.3 Å². The second-order valence-electron chi connectivity index (χ2n) is 19.8. The smallest absolute Gasteiger partial charge is 0.332 e. The number of aryl methyl sites for hydroxylation is 1. The van der Waals surface area contributed by atoms with Crippen LogP contribution in [0.5, 0.6) is 0 Å². The molecule has 5 aliphatic rings. The summed E-state index contributed by atoms with van der Waals surface area (Å²) in [5.74, 6) is -4.92. The summed E-state index contributed by atoms with van der Waals surface area (Å²) in [6.07, 6.45) is -16.0. The third-order valence-corrected chi connectivity index (χ3v) is 14.7. The number of aliphatic carboxylic acids is 1. The lowest BCUT2D eigenvalue weighted by Crippen LogP contribution is -2.67. The van der Waals surface area contributed by atoms with Gasteiger partial charge in [-0.3, -0.25) is 4.79 Å². The summed E-state index contributed by atoms with van der Waals surface area (Å²) in [4.78, 5) is 25.6. The Morgan fingerprint density at radius 1 is 0.845 bits per heavy atom. The number of aromatic nitrogens is 3. The van der Waals surface area contributed by atoms with Gasteiger partial charge in [0.25, 0.3) is 0 Å². The van der Waals surface area contributed by atoms with Gasteiger partial charge in [0.05, 0.1) is 44.3 Å². The number of carboxylic acids is 1. The van der Waals surface area contributed by atoms with Gasteiger partial charge in [0.1, 0.15) is 72.7 Å². The van der Waals surface area contributed by atoms with E-state index in [2.05, 4.69) is 15.6 Å². The topological polar surface area (TPSA) is 324 Å². The van der Waals surface area contributed by atoms with Crippen LogP contribution in [0.3, 0.4) is 0 Å². The minimum Gasteiger partial charge on any atom is -0.479 e. The summed E-state index contributed by atoms with van der Waals surface area (Å²) in [6, 6.07) is -0.386. The number of rotatable bonds is 18. The van der Waals surface area contributed by atoms with Crippen LogP contribution in [0.1, 0.15) is 90.2 Å². The highest BCUT2D eigenvalue weighted by molar-refractivity contribution is 5.73. The van der Waals surface area contributed by atoms with Gasteiger partial charge in [0.2, 0.25) is 5.91 Å². The zero-order valence-corrected chi connectivity index (χ0v) is 40.1. The maximum absolute atomic E-state index is 14.3. The van der Waals surface area contributed by atoms with Crippen LogP contribution in [-0.2, 0) is 42.7 Å². The van der Waals surface area contributed by atoms with Crippen molar-refractivity contribution in [2.45, 2.75) is 196 Å². The van der Waals surface area contributed by atoms with Crippen molar-refractivity contribution >= 4 is 11.9 Å². The number of halogens is 2. The summed E-state index contributed by atoms with van der Waals surface area (Å²) in [5, 5.41) is 109. The number of nitrogens with one attached hydrogen (secondary N) is 1. The van der Waals surface area contributed by atoms with Gasteiger partial charge in [-0.15, -0.1) is 5.10 Å². The van der Waals surface area contributed by atoms with Gasteiger partial charge in [-0.05, 0) is 68.6 Å². The van der Waals surface area contributed by atoms with Gasteiger partial charge in [-0.2, -0.15) is 0 Å². The van der Waals surface area contributed by atoms with Crippen molar-refractivity contribution in [1.29, 1.82) is 0 Å². The summed E-state index contributed by atoms with van der Waals surface area (Å²) >= 11 is 0. The van der Waals surface area contributed by atoms with Gasteiger partial charge in [0, 0.05) is 12.5 Å². The zero-order valence-electron chi connectivity index (χ0n) is 40.1. The first-order chi connectivity index (χ1) is 33.8. The summed E-state index contributed by atoms with van der Waals surface area (Å²) in [5.41, 5.74) is 0.289. The molecular weight excluding hydrogens is 947 g/mol. The van der Waals surface area contributed by atoms with E-state index < -0.39 is 159 Å². The van der Waals surface area contributed by atoms with Crippen molar-refractivity contribution in [2.24, 2.45) is 17.8 Å². The highest BCUT2D eigenvalue weighted by Gasteiger charge is 2.53. The van der Waals surface area contributed by atoms with E-state index in [1.54, 1.807) is 0 Å². The molecule has 2 aliphatic carbocycles. The molecule has 24 heteroatoms. The molecular formula is C47H70F2N4O18. The van der Waals surface area contributed by atoms with Crippen LogP contribution in [-0.4, -0.2) is 197 Å². The highest BCUT2D eigenvalue weighted by atomic mass is 19.2. The molecule has 71 heavy (non-hydrogen) atoms. The lowest BCUT2D eigenvalue weighted by atomic mass is 9.76. The Bertz CT molecular complexity index is 2050. The predicted octanol–water partition coefficient (Wildman–Crippen LogP) is -0.0459. The molecule has 7 rings (SSSR count). The van der Waals surface area contributed by atoms with Crippen molar-refractivity contribution in [3.8, 4) is 11.3 Å². The molecule has 9 unspecified atom stereocenters. The fraction of sp³-hybridized carbons (Fsp3) is 0.787. The first-order valence-corrected chi connectivity index (χ1v) is 24.6. The van der Waals surface area contributed by atoms with Crippen molar-refractivity contribution in [1.82, 2.24) is 20.3 Å². The number of benzene rings is 1. The number of carbonyl (C=O) groups is 2. The number of ether oxygens (including phenoxy) is 7. The monoisotopic (exact) mass is 1020 g/mol. The third kappa shape index (κ3) is 12.6. The Labute approximate surface area is 409 Å². The van der Waals surface area contributed by atoms with Crippen LogP contribution in [0.25, 0.3) is 11.3 Å². The molecule has 3 aliphatic heterocycles. The van der Waals surface area contributed by atoms with Crippen molar-refractivity contribution < 1.29 is 97.5 Å². The Hall–Kier alpha value is -3.44. The van der Waals surface area contributed by atoms with E-state index in [9.17, 15) is 64.3 Å². The molecule has 5 fully saturated rings. The van der Waals surface area contributed by atoms with Crippen molar-refractivity contribution in [3.63, 3.8) is 0 Å². The maximum atomic E-state index is 14.3. The Morgan fingerprint density at radius 2 is 1.54 bits per heavy atom. The molecule has 0 spiro atoms. The fourth-order valence-electron chi connectivity index (χ4n) is 10.8. The van der Waals surface area contributed by atoms with Crippen LogP contribution < -0.4 is 5.32 Å². The molecule has 10 N–H and O–H groups in total. The second kappa shape index (κ2) is 24.3. The van der Waals surface area contributed by atoms with Gasteiger partial charge in [0.15, 0.2) is 36.6 Å². The SMILES string of the molecule is CCC1CC(CO[C@H]2OC(CO)[C@@H](O)C(n3cc(-c4cc(C)c(F)c(F)c4)nn3)C2O)C[C@@H](O[C@@H]2O[C@@H](CO)[C@H](O)C(O[C@@H](CC3CCCCC3)C(=O)O)C2NC(C)=O)[C@@H]1O[C@@H]1OC(C)[C@@H](O)[C@H](O)C1O. The van der Waals surface area contributed by atoms with Crippen molar-refractivity contribution in [2.75, 3.05) is 19.8 Å². The second-order valence-corrected chi connectivity index (χ2v) is 19.8. The number of hydrogen-bond donors (Lipinski definition) is 10. The number of aliphatic hydroxyl groups excluding tert-OH is 8. The maximum Gasteiger partial charge on any atom is 0.332 e. The number of aliphatic hydroxyl groups is 8. The molecule has 1 amide bonds. The van der Waals surface area contributed by atoms with Gasteiger partial charge in [-0.1, -0.05) is 50.7 Å². The number of nitrogens with zero attached hydrogens (tertiary/aromatic N) is 3.